The third kappa shape index (κ3) is 3.22. The number of hydrogen-bond donors (Lipinski definition) is 1. The van der Waals surface area contributed by atoms with Crippen molar-refractivity contribution >= 4 is 29.0 Å². The molecule has 0 saturated heterocycles. The maximum Gasteiger partial charge on any atom is 0.416 e. The van der Waals surface area contributed by atoms with Gasteiger partial charge in [0, 0.05) is 0 Å². The van der Waals surface area contributed by atoms with Crippen LogP contribution >= 0.6 is 22.9 Å². The smallest absolute Gasteiger partial charge is 0.416 e. The molecule has 70 valence electrons. The van der Waals surface area contributed by atoms with E-state index >= 15 is 0 Å². The lowest BCUT2D eigenvalue weighted by Crippen LogP contribution is -2.17. The minimum absolute atomic E-state index is 0.428. The van der Waals surface area contributed by atoms with E-state index in [-0.39, 0.29) is 0 Å². The molecule has 0 aliphatic heterocycles. The highest BCUT2D eigenvalue weighted by atomic mass is 127. The van der Waals surface area contributed by atoms with E-state index in [2.05, 4.69) is 0 Å². The van der Waals surface area contributed by atoms with Crippen LogP contribution in [0.5, 0.6) is 0 Å². The molecular formula is C9H10INO2. The second kappa shape index (κ2) is 4.45. The lowest BCUT2D eigenvalue weighted by atomic mass is 10.1. The molecule has 0 heterocycles. The molecule has 0 fully saturated rings. The maximum absolute atomic E-state index is 10.5. The summed E-state index contributed by atoms with van der Waals surface area (Å²) in [6.07, 6.45) is -0.915. The van der Waals surface area contributed by atoms with E-state index in [1.165, 1.54) is 3.11 Å². The number of hydrogen-bond acceptors (Lipinski definition) is 1. The highest BCUT2D eigenvalue weighted by Crippen LogP contribution is 2.10. The number of nitrogens with zero attached hydrogens (tertiary/aromatic N) is 1. The molecule has 0 atom stereocenters. The number of halogens is 1. The zero-order chi connectivity index (χ0) is 9.84. The standard InChI is InChI=1S/C9H10INO2/c1-7-3-2-4-8(5-7)6-11(10)9(12)13/h2-5H,6H2,1H3,(H,12,13). The number of amides is 1. The van der Waals surface area contributed by atoms with Crippen LogP contribution in [0.2, 0.25) is 0 Å². The fraction of sp³-hybridized carbons (Fsp3) is 0.222. The van der Waals surface area contributed by atoms with Crippen molar-refractivity contribution in [1.82, 2.24) is 3.11 Å². The maximum atomic E-state index is 10.5. The van der Waals surface area contributed by atoms with Gasteiger partial charge in [0.05, 0.1) is 29.4 Å². The van der Waals surface area contributed by atoms with Gasteiger partial charge in [-0.15, -0.1) is 0 Å². The fourth-order valence-electron chi connectivity index (χ4n) is 1.04. The summed E-state index contributed by atoms with van der Waals surface area (Å²) in [5.74, 6) is 0. The van der Waals surface area contributed by atoms with Gasteiger partial charge in [-0.25, -0.2) is 7.91 Å². The summed E-state index contributed by atoms with van der Waals surface area (Å²) in [4.78, 5) is 10.5. The molecule has 0 unspecified atom stereocenters. The molecule has 1 rings (SSSR count). The molecule has 1 aromatic carbocycles. The molecule has 1 amide bonds. The van der Waals surface area contributed by atoms with Crippen LogP contribution in [0.1, 0.15) is 11.1 Å². The fourth-order valence-corrected chi connectivity index (χ4v) is 1.43. The number of carbonyl (C=O) groups is 1. The molecule has 0 aromatic heterocycles. The highest BCUT2D eigenvalue weighted by molar-refractivity contribution is 14.1. The lowest BCUT2D eigenvalue weighted by molar-refractivity contribution is 0.178. The van der Waals surface area contributed by atoms with E-state index < -0.39 is 6.09 Å². The van der Waals surface area contributed by atoms with Crippen molar-refractivity contribution in [2.24, 2.45) is 0 Å². The van der Waals surface area contributed by atoms with Gasteiger partial charge in [0.1, 0.15) is 0 Å². The summed E-state index contributed by atoms with van der Waals surface area (Å²) >= 11 is 1.78. The van der Waals surface area contributed by atoms with Crippen molar-refractivity contribution < 1.29 is 9.90 Å². The van der Waals surface area contributed by atoms with Crippen LogP contribution in [0.25, 0.3) is 0 Å². The van der Waals surface area contributed by atoms with Crippen molar-refractivity contribution in [3.8, 4) is 0 Å². The van der Waals surface area contributed by atoms with Gasteiger partial charge in [-0.1, -0.05) is 29.8 Å². The predicted octanol–water partition coefficient (Wildman–Crippen LogP) is 2.83. The number of aryl methyl sites for hydroxylation is 1. The lowest BCUT2D eigenvalue weighted by Gasteiger charge is -2.10. The third-order valence-corrected chi connectivity index (χ3v) is 2.37. The summed E-state index contributed by atoms with van der Waals surface area (Å²) < 4.78 is 1.23. The third-order valence-electron chi connectivity index (χ3n) is 1.61. The molecule has 0 spiro atoms. The topological polar surface area (TPSA) is 40.5 Å². The molecule has 4 heteroatoms. The van der Waals surface area contributed by atoms with E-state index in [0.29, 0.717) is 6.54 Å². The average molecular weight is 291 g/mol. The second-order valence-electron chi connectivity index (χ2n) is 2.79. The van der Waals surface area contributed by atoms with Crippen molar-refractivity contribution in [2.45, 2.75) is 13.5 Å². The van der Waals surface area contributed by atoms with E-state index in [9.17, 15) is 4.79 Å². The monoisotopic (exact) mass is 291 g/mol. The number of benzene rings is 1. The molecule has 13 heavy (non-hydrogen) atoms. The summed E-state index contributed by atoms with van der Waals surface area (Å²) in [6.45, 7) is 2.42. The van der Waals surface area contributed by atoms with Gasteiger partial charge < -0.3 is 5.11 Å². The van der Waals surface area contributed by atoms with Crippen LogP contribution < -0.4 is 0 Å². The van der Waals surface area contributed by atoms with Gasteiger partial charge >= 0.3 is 6.09 Å². The quantitative estimate of drug-likeness (QED) is 0.672. The van der Waals surface area contributed by atoms with Crippen LogP contribution in [0.3, 0.4) is 0 Å². The second-order valence-corrected chi connectivity index (χ2v) is 3.96. The normalized spacial score (nSPS) is 9.69. The van der Waals surface area contributed by atoms with Crippen LogP contribution in [-0.2, 0) is 6.54 Å². The Morgan fingerprint density at radius 3 is 2.85 bits per heavy atom. The van der Waals surface area contributed by atoms with E-state index in [0.717, 1.165) is 11.1 Å². The Bertz CT molecular complexity index is 314. The SMILES string of the molecule is Cc1cccc(CN(I)C(=O)O)c1. The zero-order valence-corrected chi connectivity index (χ0v) is 9.35. The Labute approximate surface area is 90.9 Å². The molecule has 0 saturated carbocycles. The largest absolute Gasteiger partial charge is 0.464 e. The molecule has 0 aliphatic rings. The van der Waals surface area contributed by atoms with Crippen molar-refractivity contribution in [2.75, 3.05) is 0 Å². The van der Waals surface area contributed by atoms with E-state index in [1.54, 1.807) is 22.9 Å². The van der Waals surface area contributed by atoms with Gasteiger partial charge in [0.15, 0.2) is 0 Å². The molecule has 0 aliphatic carbocycles. The van der Waals surface area contributed by atoms with Gasteiger partial charge in [-0.3, -0.25) is 0 Å². The summed E-state index contributed by atoms with van der Waals surface area (Å²) in [6, 6.07) is 7.81. The Morgan fingerprint density at radius 2 is 2.31 bits per heavy atom. The average Bonchev–Trinajstić information content (AvgIpc) is 2.04. The van der Waals surface area contributed by atoms with Crippen LogP contribution in [-0.4, -0.2) is 14.3 Å². The molecule has 3 nitrogen and oxygen atoms in total. The molecular weight excluding hydrogens is 281 g/mol. The molecule has 1 N–H and O–H groups in total. The minimum atomic E-state index is -0.915. The van der Waals surface area contributed by atoms with Crippen LogP contribution in [0.4, 0.5) is 4.79 Å². The minimum Gasteiger partial charge on any atom is -0.464 e. The number of rotatable bonds is 2. The van der Waals surface area contributed by atoms with Gasteiger partial charge in [0.25, 0.3) is 0 Å². The van der Waals surface area contributed by atoms with Crippen molar-refractivity contribution in [3.63, 3.8) is 0 Å². The van der Waals surface area contributed by atoms with Crippen LogP contribution in [0.15, 0.2) is 24.3 Å². The highest BCUT2D eigenvalue weighted by Gasteiger charge is 2.07. The first-order valence-electron chi connectivity index (χ1n) is 3.81. The first kappa shape index (κ1) is 10.3. The Hall–Kier alpha value is -0.780. The molecule has 0 radical (unpaired) electrons. The Kier molecular flexibility index (Phi) is 3.53. The Morgan fingerprint density at radius 1 is 1.62 bits per heavy atom. The van der Waals surface area contributed by atoms with Gasteiger partial charge in [-0.2, -0.15) is 0 Å². The van der Waals surface area contributed by atoms with Crippen LogP contribution in [0, 0.1) is 6.92 Å². The summed E-state index contributed by atoms with van der Waals surface area (Å²) in [5.41, 5.74) is 2.16. The van der Waals surface area contributed by atoms with Gasteiger partial charge in [0.2, 0.25) is 0 Å². The number of carboxylic acid groups (broad SMARTS) is 1. The first-order valence-corrected chi connectivity index (χ1v) is 4.78. The van der Waals surface area contributed by atoms with Crippen molar-refractivity contribution in [3.05, 3.63) is 35.4 Å². The zero-order valence-electron chi connectivity index (χ0n) is 7.20. The molecule has 1 aromatic rings. The van der Waals surface area contributed by atoms with E-state index in [1.807, 2.05) is 31.2 Å². The molecule has 0 bridgehead atoms. The summed E-state index contributed by atoms with van der Waals surface area (Å²) in [7, 11) is 0. The predicted molar refractivity (Wildman–Crippen MR) is 58.8 cm³/mol. The Balaban J connectivity index is 2.69. The van der Waals surface area contributed by atoms with E-state index in [4.69, 9.17) is 5.11 Å². The van der Waals surface area contributed by atoms with Crippen molar-refractivity contribution in [1.29, 1.82) is 0 Å². The summed E-state index contributed by atoms with van der Waals surface area (Å²) in [5, 5.41) is 8.63. The van der Waals surface area contributed by atoms with Gasteiger partial charge in [-0.05, 0) is 12.5 Å². The first-order chi connectivity index (χ1) is 6.09.